The Hall–Kier alpha value is -0.340. The molecule has 72 valence electrons. The lowest BCUT2D eigenvalue weighted by molar-refractivity contribution is 0.0133. The Morgan fingerprint density at radius 1 is 1.50 bits per heavy atom. The summed E-state index contributed by atoms with van der Waals surface area (Å²) in [7, 11) is 0. The minimum atomic E-state index is 0.0856. The minimum absolute atomic E-state index is 0.0856. The number of nitrogens with two attached hydrogens (primary N) is 1. The van der Waals surface area contributed by atoms with E-state index in [2.05, 4.69) is 20.4 Å². The Kier molecular flexibility index (Phi) is 6.03. The molecule has 0 aromatic heterocycles. The second kappa shape index (κ2) is 6.21. The average Bonchev–Trinajstić information content (AvgIpc) is 1.99. The van der Waals surface area contributed by atoms with Gasteiger partial charge in [-0.3, -0.25) is 0 Å². The lowest BCUT2D eigenvalue weighted by Gasteiger charge is -2.26. The van der Waals surface area contributed by atoms with E-state index in [0.29, 0.717) is 5.92 Å². The predicted molar refractivity (Wildman–Crippen MR) is 53.0 cm³/mol. The summed E-state index contributed by atoms with van der Waals surface area (Å²) in [6.45, 7) is 10.6. The maximum absolute atomic E-state index is 5.92. The fourth-order valence-corrected chi connectivity index (χ4v) is 1.33. The Morgan fingerprint density at radius 2 is 2.08 bits per heavy atom. The first-order valence-corrected chi connectivity index (χ1v) is 4.61. The van der Waals surface area contributed by atoms with Crippen LogP contribution in [0, 0.1) is 5.92 Å². The van der Waals surface area contributed by atoms with E-state index in [1.165, 1.54) is 0 Å². The summed E-state index contributed by atoms with van der Waals surface area (Å²) < 4.78 is 5.54. The van der Waals surface area contributed by atoms with Gasteiger partial charge in [0.25, 0.3) is 0 Å². The lowest BCUT2D eigenvalue weighted by Crippen LogP contribution is -2.40. The van der Waals surface area contributed by atoms with Crippen LogP contribution in [0.2, 0.25) is 0 Å². The summed E-state index contributed by atoms with van der Waals surface area (Å²) >= 11 is 0. The third kappa shape index (κ3) is 3.88. The monoisotopic (exact) mass is 171 g/mol. The van der Waals surface area contributed by atoms with E-state index in [4.69, 9.17) is 10.5 Å². The van der Waals surface area contributed by atoms with Crippen molar-refractivity contribution in [3.05, 3.63) is 12.7 Å². The van der Waals surface area contributed by atoms with Crippen molar-refractivity contribution in [2.24, 2.45) is 11.7 Å². The van der Waals surface area contributed by atoms with E-state index in [1.807, 2.05) is 13.0 Å². The van der Waals surface area contributed by atoms with E-state index in [0.717, 1.165) is 13.0 Å². The molecular formula is C10H21NO. The van der Waals surface area contributed by atoms with Gasteiger partial charge in [0.15, 0.2) is 0 Å². The number of hydrogen-bond donors (Lipinski definition) is 1. The third-order valence-corrected chi connectivity index (χ3v) is 1.88. The van der Waals surface area contributed by atoms with Gasteiger partial charge >= 0.3 is 0 Å². The van der Waals surface area contributed by atoms with Gasteiger partial charge in [-0.2, -0.15) is 0 Å². The largest absolute Gasteiger partial charge is 0.377 e. The molecule has 0 bridgehead atoms. The average molecular weight is 171 g/mol. The first-order valence-electron chi connectivity index (χ1n) is 4.61. The number of rotatable bonds is 6. The maximum Gasteiger partial charge on any atom is 0.0751 e. The van der Waals surface area contributed by atoms with Crippen LogP contribution in [0.4, 0.5) is 0 Å². The third-order valence-electron chi connectivity index (χ3n) is 1.88. The van der Waals surface area contributed by atoms with Crippen molar-refractivity contribution in [1.82, 2.24) is 0 Å². The summed E-state index contributed by atoms with van der Waals surface area (Å²) in [5, 5.41) is 0. The summed E-state index contributed by atoms with van der Waals surface area (Å²) in [4.78, 5) is 0. The van der Waals surface area contributed by atoms with Crippen LogP contribution in [0.1, 0.15) is 27.2 Å². The van der Waals surface area contributed by atoms with Gasteiger partial charge in [0.1, 0.15) is 0 Å². The fourth-order valence-electron chi connectivity index (χ4n) is 1.33. The molecule has 0 saturated heterocycles. The summed E-state index contributed by atoms with van der Waals surface area (Å²) in [6, 6.07) is 0.0856. The molecule has 2 N–H and O–H groups in total. The molecule has 12 heavy (non-hydrogen) atoms. The summed E-state index contributed by atoms with van der Waals surface area (Å²) in [6.07, 6.45) is 2.83. The molecule has 0 saturated carbocycles. The molecule has 2 heteroatoms. The SMILES string of the molecule is C=CCC(N)C(OCC)C(C)C. The molecule has 0 spiro atoms. The molecule has 2 nitrogen and oxygen atoms in total. The van der Waals surface area contributed by atoms with Crippen LogP contribution >= 0.6 is 0 Å². The highest BCUT2D eigenvalue weighted by atomic mass is 16.5. The van der Waals surface area contributed by atoms with E-state index < -0.39 is 0 Å². The van der Waals surface area contributed by atoms with Crippen molar-refractivity contribution in [3.63, 3.8) is 0 Å². The standard InChI is InChI=1S/C10H21NO/c1-5-7-9(11)10(8(3)4)12-6-2/h5,8-10H,1,6-7,11H2,2-4H3. The molecule has 0 heterocycles. The Morgan fingerprint density at radius 3 is 2.42 bits per heavy atom. The number of hydrogen-bond acceptors (Lipinski definition) is 2. The van der Waals surface area contributed by atoms with E-state index in [9.17, 15) is 0 Å². The van der Waals surface area contributed by atoms with Crippen molar-refractivity contribution in [3.8, 4) is 0 Å². The van der Waals surface area contributed by atoms with Crippen molar-refractivity contribution >= 4 is 0 Å². The minimum Gasteiger partial charge on any atom is -0.377 e. The number of ether oxygens (including phenoxy) is 1. The molecule has 0 aliphatic rings. The highest BCUT2D eigenvalue weighted by Crippen LogP contribution is 2.12. The Bertz CT molecular complexity index is 123. The van der Waals surface area contributed by atoms with Crippen LogP contribution < -0.4 is 5.73 Å². The smallest absolute Gasteiger partial charge is 0.0751 e. The Balaban J connectivity index is 3.98. The van der Waals surface area contributed by atoms with Crippen molar-refractivity contribution in [2.75, 3.05) is 6.61 Å². The van der Waals surface area contributed by atoms with E-state index in [1.54, 1.807) is 0 Å². The topological polar surface area (TPSA) is 35.2 Å². The molecule has 2 unspecified atom stereocenters. The van der Waals surface area contributed by atoms with Crippen molar-refractivity contribution < 1.29 is 4.74 Å². The predicted octanol–water partition coefficient (Wildman–Crippen LogP) is 1.95. The van der Waals surface area contributed by atoms with Gasteiger partial charge in [0.05, 0.1) is 6.10 Å². The Labute approximate surface area is 75.8 Å². The molecule has 0 fully saturated rings. The summed E-state index contributed by atoms with van der Waals surface area (Å²) in [5.41, 5.74) is 5.92. The molecule has 0 aromatic carbocycles. The zero-order chi connectivity index (χ0) is 9.56. The fraction of sp³-hybridized carbons (Fsp3) is 0.800. The second-order valence-electron chi connectivity index (χ2n) is 3.35. The first-order chi connectivity index (χ1) is 5.63. The normalized spacial score (nSPS) is 16.1. The van der Waals surface area contributed by atoms with Crippen LogP contribution in [0.25, 0.3) is 0 Å². The zero-order valence-electron chi connectivity index (χ0n) is 8.42. The molecule has 0 amide bonds. The van der Waals surface area contributed by atoms with Gasteiger partial charge in [-0.15, -0.1) is 6.58 Å². The van der Waals surface area contributed by atoms with Crippen molar-refractivity contribution in [1.29, 1.82) is 0 Å². The molecule has 0 aromatic rings. The summed E-state index contributed by atoms with van der Waals surface area (Å²) in [5.74, 6) is 0.472. The molecule has 0 aliphatic carbocycles. The molecule has 0 radical (unpaired) electrons. The van der Waals surface area contributed by atoms with Crippen LogP contribution in [-0.2, 0) is 4.74 Å². The molecule has 0 aliphatic heterocycles. The second-order valence-corrected chi connectivity index (χ2v) is 3.35. The van der Waals surface area contributed by atoms with Gasteiger partial charge in [0, 0.05) is 12.6 Å². The van der Waals surface area contributed by atoms with Crippen LogP contribution in [0.15, 0.2) is 12.7 Å². The van der Waals surface area contributed by atoms with Gasteiger partial charge in [-0.05, 0) is 19.3 Å². The quantitative estimate of drug-likeness (QED) is 0.620. The van der Waals surface area contributed by atoms with Gasteiger partial charge < -0.3 is 10.5 Å². The van der Waals surface area contributed by atoms with Crippen LogP contribution in [0.3, 0.4) is 0 Å². The zero-order valence-corrected chi connectivity index (χ0v) is 8.42. The van der Waals surface area contributed by atoms with Gasteiger partial charge in [0.2, 0.25) is 0 Å². The van der Waals surface area contributed by atoms with Crippen LogP contribution in [0.5, 0.6) is 0 Å². The van der Waals surface area contributed by atoms with E-state index >= 15 is 0 Å². The molecular weight excluding hydrogens is 150 g/mol. The van der Waals surface area contributed by atoms with Crippen molar-refractivity contribution in [2.45, 2.75) is 39.3 Å². The molecule has 0 rings (SSSR count). The first kappa shape index (κ1) is 11.7. The molecule has 2 atom stereocenters. The highest BCUT2D eigenvalue weighted by Gasteiger charge is 2.19. The highest BCUT2D eigenvalue weighted by molar-refractivity contribution is 4.83. The maximum atomic E-state index is 5.92. The van der Waals surface area contributed by atoms with Gasteiger partial charge in [-0.25, -0.2) is 0 Å². The lowest BCUT2D eigenvalue weighted by atomic mass is 9.98. The van der Waals surface area contributed by atoms with Gasteiger partial charge in [-0.1, -0.05) is 19.9 Å². The van der Waals surface area contributed by atoms with E-state index in [-0.39, 0.29) is 12.1 Å². The van der Waals surface area contributed by atoms with Crippen LogP contribution in [-0.4, -0.2) is 18.8 Å².